The quantitative estimate of drug-likeness (QED) is 0.111. The highest BCUT2D eigenvalue weighted by Crippen LogP contribution is 2.53. The molecule has 464 valence electrons. The van der Waals surface area contributed by atoms with Gasteiger partial charge in [-0.2, -0.15) is 0 Å². The monoisotopic (exact) mass is 1250 g/mol. The lowest BCUT2D eigenvalue weighted by molar-refractivity contribution is 0.591. The maximum Gasteiger partial charge on any atom is 0.252 e. The molecule has 3 nitrogen and oxygen atoms in total. The predicted octanol–water partition coefficient (Wildman–Crippen LogP) is 23.8. The van der Waals surface area contributed by atoms with Crippen LogP contribution in [0.5, 0.6) is 0 Å². The summed E-state index contributed by atoms with van der Waals surface area (Å²) in [6, 6.07) is 120. The number of aromatic nitrogens is 1. The van der Waals surface area contributed by atoms with Crippen LogP contribution in [-0.2, 0) is 10.8 Å². The van der Waals surface area contributed by atoms with Crippen molar-refractivity contribution < 1.29 is 0 Å². The summed E-state index contributed by atoms with van der Waals surface area (Å²) in [5.74, 6) is 0. The van der Waals surface area contributed by atoms with E-state index in [1.807, 2.05) is 0 Å². The summed E-state index contributed by atoms with van der Waals surface area (Å²) in [5.41, 5.74) is 28.3. The molecule has 0 unspecified atom stereocenters. The van der Waals surface area contributed by atoms with Crippen molar-refractivity contribution in [3.8, 4) is 61.3 Å². The Kier molecular flexibility index (Phi) is 12.9. The summed E-state index contributed by atoms with van der Waals surface area (Å²) in [4.78, 5) is 5.31. The largest absolute Gasteiger partial charge is 0.311 e. The highest BCUT2D eigenvalue weighted by atomic mass is 15.2. The highest BCUT2D eigenvalue weighted by molar-refractivity contribution is 7.00. The van der Waals surface area contributed by atoms with Crippen LogP contribution >= 0.6 is 0 Å². The first kappa shape index (κ1) is 57.7. The van der Waals surface area contributed by atoms with Crippen molar-refractivity contribution in [2.45, 2.75) is 52.4 Å². The number of benzene rings is 16. The zero-order valence-electron chi connectivity index (χ0n) is 55.9. The van der Waals surface area contributed by atoms with Gasteiger partial charge in [-0.05, 0) is 187 Å². The van der Waals surface area contributed by atoms with Crippen molar-refractivity contribution in [3.05, 3.63) is 327 Å². The smallest absolute Gasteiger partial charge is 0.252 e. The lowest BCUT2D eigenvalue weighted by atomic mass is 9.33. The Morgan fingerprint density at radius 2 is 0.745 bits per heavy atom. The van der Waals surface area contributed by atoms with Gasteiger partial charge >= 0.3 is 0 Å². The third-order valence-electron chi connectivity index (χ3n) is 21.3. The molecule has 0 bridgehead atoms. The Morgan fingerprint density at radius 3 is 1.37 bits per heavy atom. The van der Waals surface area contributed by atoms with Crippen LogP contribution in [0, 0.1) is 0 Å². The third-order valence-corrected chi connectivity index (χ3v) is 21.3. The number of hydrogen-bond donors (Lipinski definition) is 0. The van der Waals surface area contributed by atoms with Crippen LogP contribution in [0.1, 0.15) is 52.7 Å². The van der Waals surface area contributed by atoms with Crippen molar-refractivity contribution in [2.24, 2.45) is 0 Å². The van der Waals surface area contributed by atoms with Crippen LogP contribution in [0.25, 0.3) is 126 Å². The van der Waals surface area contributed by atoms with E-state index in [0.29, 0.717) is 0 Å². The van der Waals surface area contributed by atoms with Crippen LogP contribution in [0.2, 0.25) is 0 Å². The van der Waals surface area contributed by atoms with Gasteiger partial charge in [0.1, 0.15) is 0 Å². The number of rotatable bonds is 8. The minimum Gasteiger partial charge on any atom is -0.311 e. The summed E-state index contributed by atoms with van der Waals surface area (Å²) in [5, 5.41) is 12.7. The molecular weight excluding hydrogens is 1180 g/mol. The maximum atomic E-state index is 2.67. The van der Waals surface area contributed by atoms with E-state index in [1.165, 1.54) is 120 Å². The lowest BCUT2D eigenvalue weighted by Gasteiger charge is -2.46. The second-order valence-corrected chi connectivity index (χ2v) is 29.2. The minimum absolute atomic E-state index is 0.0369. The Hall–Kier alpha value is -11.7. The molecule has 98 heavy (non-hydrogen) atoms. The second kappa shape index (κ2) is 21.9. The van der Waals surface area contributed by atoms with Crippen LogP contribution in [0.15, 0.2) is 315 Å². The molecule has 0 saturated heterocycles. The fourth-order valence-electron chi connectivity index (χ4n) is 16.7. The first-order chi connectivity index (χ1) is 47.9. The molecule has 0 aliphatic carbocycles. The molecule has 0 fully saturated rings. The summed E-state index contributed by atoms with van der Waals surface area (Å²) in [6.07, 6.45) is 0. The van der Waals surface area contributed by atoms with E-state index in [0.717, 1.165) is 67.5 Å². The number of nitrogens with zero attached hydrogens (tertiary/aromatic N) is 3. The molecule has 0 radical (unpaired) electrons. The maximum absolute atomic E-state index is 2.67. The van der Waals surface area contributed by atoms with Crippen molar-refractivity contribution in [3.63, 3.8) is 0 Å². The van der Waals surface area contributed by atoms with Gasteiger partial charge in [0.25, 0.3) is 6.71 Å². The number of anilines is 6. The Bertz CT molecular complexity index is 6030. The normalized spacial score (nSPS) is 12.9. The van der Waals surface area contributed by atoms with E-state index in [9.17, 15) is 0 Å². The second-order valence-electron chi connectivity index (χ2n) is 29.2. The first-order valence-electron chi connectivity index (χ1n) is 34.6. The molecule has 0 amide bonds. The van der Waals surface area contributed by atoms with E-state index in [-0.39, 0.29) is 17.5 Å². The SMILES string of the molecule is CC(C)(C)c1cc2ccc3cc(C(C)(C)C)cc4c(-c5cccc(-c6cc7c8c(c6)N(c6ccccc6-c6ccccc6)c6c(cc(-c9ccccc9)c9ccccc69)B8c6ccc(-n8c9ccccc9c9ccccc98)cc6N7c6ccccc6-c6ccccc6)c5)cc(c1)c2c34. The van der Waals surface area contributed by atoms with Gasteiger partial charge in [-0.1, -0.05) is 290 Å². The molecule has 0 saturated carbocycles. The molecule has 3 heterocycles. The van der Waals surface area contributed by atoms with Crippen molar-refractivity contribution >= 4 is 122 Å². The molecule has 2 aliphatic heterocycles. The van der Waals surface area contributed by atoms with Gasteiger partial charge in [0, 0.05) is 55.7 Å². The standard InChI is InChI=1S/C94H70BN3/c1-93(2,3)68-50-64-45-46-65-51-69(94(4,5)6)56-79-77(53-67(52-68)89(64)90(65)79)63-34-26-33-62(49-63)66-54-87-91-88(55-66)98(83-42-23-19-36-72(83)60-29-12-8-13-30-60)92-76-40-17-16-37-73(76)78(61-31-14-9-15-32-61)58-81(92)95(91)80-48-47-70(96-84-43-24-20-38-74(84)75-39-21-25-44-85(75)96)57-86(80)97(87)82-41-22-18-35-71(82)59-27-10-7-11-28-59/h7-58H,1-6H3. The van der Waals surface area contributed by atoms with Crippen LogP contribution in [0.3, 0.4) is 0 Å². The van der Waals surface area contributed by atoms with Gasteiger partial charge in [0.05, 0.1) is 22.4 Å². The van der Waals surface area contributed by atoms with Crippen LogP contribution in [0.4, 0.5) is 34.1 Å². The molecule has 0 atom stereocenters. The van der Waals surface area contributed by atoms with Crippen LogP contribution < -0.4 is 26.2 Å². The van der Waals surface area contributed by atoms with Crippen LogP contribution in [-0.4, -0.2) is 11.3 Å². The Morgan fingerprint density at radius 1 is 0.265 bits per heavy atom. The van der Waals surface area contributed by atoms with E-state index >= 15 is 0 Å². The Labute approximate surface area is 573 Å². The van der Waals surface area contributed by atoms with Crippen molar-refractivity contribution in [2.75, 3.05) is 9.80 Å². The van der Waals surface area contributed by atoms with Gasteiger partial charge in [0.15, 0.2) is 0 Å². The van der Waals surface area contributed by atoms with Gasteiger partial charge in [0.2, 0.25) is 0 Å². The van der Waals surface area contributed by atoms with E-state index in [2.05, 4.69) is 371 Å². The predicted molar refractivity (Wildman–Crippen MR) is 421 cm³/mol. The number of para-hydroxylation sites is 4. The molecule has 2 aliphatic rings. The molecule has 4 heteroatoms. The zero-order valence-corrected chi connectivity index (χ0v) is 55.9. The molecule has 17 aromatic rings. The van der Waals surface area contributed by atoms with Gasteiger partial charge in [-0.25, -0.2) is 0 Å². The van der Waals surface area contributed by atoms with Gasteiger partial charge < -0.3 is 14.4 Å². The molecular formula is C94H70BN3. The molecule has 16 aromatic carbocycles. The zero-order chi connectivity index (χ0) is 65.7. The topological polar surface area (TPSA) is 11.4 Å². The average Bonchev–Trinajstić information content (AvgIpc) is 0.803. The molecule has 19 rings (SSSR count). The summed E-state index contributed by atoms with van der Waals surface area (Å²) >= 11 is 0. The van der Waals surface area contributed by atoms with E-state index in [1.54, 1.807) is 0 Å². The summed E-state index contributed by atoms with van der Waals surface area (Å²) in [6.45, 7) is 13.8. The minimum atomic E-state index is -0.212. The summed E-state index contributed by atoms with van der Waals surface area (Å²) < 4.78 is 2.49. The molecule has 0 spiro atoms. The Balaban J connectivity index is 0.954. The summed E-state index contributed by atoms with van der Waals surface area (Å²) in [7, 11) is 0. The lowest BCUT2D eigenvalue weighted by Crippen LogP contribution is -2.61. The molecule has 0 N–H and O–H groups in total. The van der Waals surface area contributed by atoms with E-state index in [4.69, 9.17) is 0 Å². The van der Waals surface area contributed by atoms with Gasteiger partial charge in [-0.15, -0.1) is 0 Å². The average molecular weight is 1250 g/mol. The first-order valence-corrected chi connectivity index (χ1v) is 34.6. The third kappa shape index (κ3) is 8.97. The van der Waals surface area contributed by atoms with Crippen molar-refractivity contribution in [1.29, 1.82) is 0 Å². The van der Waals surface area contributed by atoms with E-state index < -0.39 is 0 Å². The van der Waals surface area contributed by atoms with Gasteiger partial charge in [-0.3, -0.25) is 0 Å². The highest BCUT2D eigenvalue weighted by Gasteiger charge is 2.46. The fraction of sp³-hybridized carbons (Fsp3) is 0.0851. The van der Waals surface area contributed by atoms with Crippen molar-refractivity contribution in [1.82, 2.24) is 4.57 Å². The fourth-order valence-corrected chi connectivity index (χ4v) is 16.7. The number of fused-ring (bicyclic) bond motifs is 9. The molecule has 1 aromatic heterocycles. The number of hydrogen-bond acceptors (Lipinski definition) is 2.